The van der Waals surface area contributed by atoms with E-state index in [4.69, 9.17) is 4.74 Å². The van der Waals surface area contributed by atoms with Crippen LogP contribution in [0, 0.1) is 5.41 Å². The van der Waals surface area contributed by atoms with Crippen molar-refractivity contribution in [1.29, 1.82) is 0 Å². The zero-order valence-electron chi connectivity index (χ0n) is 18.6. The maximum Gasteiger partial charge on any atom is 0.0873 e. The van der Waals surface area contributed by atoms with Gasteiger partial charge in [-0.25, -0.2) is 0 Å². The van der Waals surface area contributed by atoms with Gasteiger partial charge in [-0.15, -0.1) is 0 Å². The minimum Gasteiger partial charge on any atom is -0.501 e. The highest BCUT2D eigenvalue weighted by Crippen LogP contribution is 2.44. The quantitative estimate of drug-likeness (QED) is 0.209. The van der Waals surface area contributed by atoms with Crippen LogP contribution in [0.5, 0.6) is 0 Å². The van der Waals surface area contributed by atoms with E-state index in [-0.39, 0.29) is 0 Å². The molecule has 0 amide bonds. The number of hydrogen-bond acceptors (Lipinski definition) is 1. The van der Waals surface area contributed by atoms with Gasteiger partial charge in [0.2, 0.25) is 0 Å². The Hall–Kier alpha value is -0.720. The van der Waals surface area contributed by atoms with E-state index in [1.807, 2.05) is 6.26 Å². The van der Waals surface area contributed by atoms with Crippen molar-refractivity contribution in [2.45, 2.75) is 125 Å². The number of allylic oxidation sites excluding steroid dienone is 3. The van der Waals surface area contributed by atoms with E-state index >= 15 is 0 Å². The molecule has 152 valence electrons. The molecular weight excluding hydrogens is 316 g/mol. The standard InChI is InChI=1S/C25H46O/c1-6-7-8-9-10-11-12-13-14-15-16-17-18-19-26-21-24-20-25(4,5)23(3)22(24)2/h21H,6-20H2,1-5H3. The summed E-state index contributed by atoms with van der Waals surface area (Å²) in [5, 5.41) is 0. The Morgan fingerprint density at radius 2 is 1.23 bits per heavy atom. The molecule has 0 aromatic rings. The molecule has 0 N–H and O–H groups in total. The van der Waals surface area contributed by atoms with Gasteiger partial charge in [0.25, 0.3) is 0 Å². The van der Waals surface area contributed by atoms with Crippen molar-refractivity contribution in [3.8, 4) is 0 Å². The first kappa shape index (κ1) is 23.3. The molecule has 0 saturated carbocycles. The molecule has 0 spiro atoms. The van der Waals surface area contributed by atoms with E-state index in [1.165, 1.54) is 100 Å². The second-order valence-corrected chi connectivity index (χ2v) is 9.07. The maximum absolute atomic E-state index is 5.83. The lowest BCUT2D eigenvalue weighted by Crippen LogP contribution is -2.07. The Balaban J connectivity index is 1.89. The third-order valence-electron chi connectivity index (χ3n) is 6.28. The van der Waals surface area contributed by atoms with Crippen LogP contribution in [0.15, 0.2) is 23.0 Å². The molecule has 0 aromatic carbocycles. The fourth-order valence-corrected chi connectivity index (χ4v) is 3.98. The number of ether oxygens (including phenoxy) is 1. The van der Waals surface area contributed by atoms with Crippen molar-refractivity contribution in [2.75, 3.05) is 6.61 Å². The zero-order valence-corrected chi connectivity index (χ0v) is 18.6. The van der Waals surface area contributed by atoms with Gasteiger partial charge in [0.15, 0.2) is 0 Å². The third kappa shape index (κ3) is 9.28. The lowest BCUT2D eigenvalue weighted by molar-refractivity contribution is 0.236. The summed E-state index contributed by atoms with van der Waals surface area (Å²) in [5.41, 5.74) is 4.69. The lowest BCUT2D eigenvalue weighted by atomic mass is 9.86. The first-order valence-electron chi connectivity index (χ1n) is 11.5. The van der Waals surface area contributed by atoms with Gasteiger partial charge in [-0.05, 0) is 43.3 Å². The average Bonchev–Trinajstić information content (AvgIpc) is 2.81. The molecule has 1 rings (SSSR count). The third-order valence-corrected chi connectivity index (χ3v) is 6.28. The van der Waals surface area contributed by atoms with E-state index in [0.29, 0.717) is 5.41 Å². The summed E-state index contributed by atoms with van der Waals surface area (Å²) in [6.45, 7) is 12.3. The largest absolute Gasteiger partial charge is 0.501 e. The van der Waals surface area contributed by atoms with Crippen LogP contribution >= 0.6 is 0 Å². The Morgan fingerprint density at radius 3 is 1.65 bits per heavy atom. The smallest absolute Gasteiger partial charge is 0.0873 e. The minimum atomic E-state index is 0.314. The molecule has 0 atom stereocenters. The second kappa shape index (κ2) is 13.4. The Bertz CT molecular complexity index is 427. The first-order chi connectivity index (χ1) is 12.5. The molecule has 0 aromatic heterocycles. The van der Waals surface area contributed by atoms with Gasteiger partial charge in [0.05, 0.1) is 12.9 Å². The summed E-state index contributed by atoms with van der Waals surface area (Å²) in [4.78, 5) is 0. The fraction of sp³-hybridized carbons (Fsp3) is 0.840. The van der Waals surface area contributed by atoms with Crippen molar-refractivity contribution < 1.29 is 4.74 Å². The van der Waals surface area contributed by atoms with E-state index in [0.717, 1.165) is 13.0 Å². The van der Waals surface area contributed by atoms with Crippen LogP contribution in [0.1, 0.15) is 125 Å². The van der Waals surface area contributed by atoms with E-state index in [1.54, 1.807) is 0 Å². The highest BCUT2D eigenvalue weighted by Gasteiger charge is 2.31. The molecule has 1 heteroatoms. The average molecular weight is 363 g/mol. The molecular formula is C25H46O. The molecule has 0 heterocycles. The van der Waals surface area contributed by atoms with Gasteiger partial charge in [0, 0.05) is 0 Å². The number of hydrogen-bond donors (Lipinski definition) is 0. The zero-order chi connectivity index (χ0) is 19.3. The predicted octanol–water partition coefficient (Wildman–Crippen LogP) is 8.74. The Labute approximate surface area is 164 Å². The summed E-state index contributed by atoms with van der Waals surface area (Å²) in [6.07, 6.45) is 21.4. The van der Waals surface area contributed by atoms with Gasteiger partial charge in [-0.1, -0.05) is 103 Å². The van der Waals surface area contributed by atoms with Crippen LogP contribution in [-0.4, -0.2) is 6.61 Å². The predicted molar refractivity (Wildman–Crippen MR) is 117 cm³/mol. The van der Waals surface area contributed by atoms with Crippen molar-refractivity contribution in [3.63, 3.8) is 0 Å². The van der Waals surface area contributed by atoms with Crippen LogP contribution in [0.2, 0.25) is 0 Å². The van der Waals surface area contributed by atoms with Crippen LogP contribution in [0.25, 0.3) is 0 Å². The van der Waals surface area contributed by atoms with Crippen LogP contribution in [0.4, 0.5) is 0 Å². The highest BCUT2D eigenvalue weighted by molar-refractivity contribution is 5.42. The van der Waals surface area contributed by atoms with Crippen molar-refractivity contribution >= 4 is 0 Å². The summed E-state index contributed by atoms with van der Waals surface area (Å²) in [7, 11) is 0. The van der Waals surface area contributed by atoms with Crippen molar-refractivity contribution in [1.82, 2.24) is 0 Å². The molecule has 0 unspecified atom stereocenters. The first-order valence-corrected chi connectivity index (χ1v) is 11.5. The highest BCUT2D eigenvalue weighted by atomic mass is 16.5. The van der Waals surface area contributed by atoms with E-state index in [9.17, 15) is 0 Å². The van der Waals surface area contributed by atoms with Crippen LogP contribution in [0.3, 0.4) is 0 Å². The lowest BCUT2D eigenvalue weighted by Gasteiger charge is -2.18. The Kier molecular flexibility index (Phi) is 12.1. The van der Waals surface area contributed by atoms with E-state index < -0.39 is 0 Å². The SMILES string of the molecule is CCCCCCCCCCCCCCCOC=C1CC(C)(C)C(C)=C1C. The van der Waals surface area contributed by atoms with E-state index in [2.05, 4.69) is 34.6 Å². The summed E-state index contributed by atoms with van der Waals surface area (Å²) >= 11 is 0. The Morgan fingerprint density at radius 1 is 0.769 bits per heavy atom. The molecule has 0 bridgehead atoms. The molecule has 0 aliphatic heterocycles. The maximum atomic E-state index is 5.83. The summed E-state index contributed by atoms with van der Waals surface area (Å²) in [6, 6.07) is 0. The topological polar surface area (TPSA) is 9.23 Å². The normalized spacial score (nSPS) is 18.1. The molecule has 26 heavy (non-hydrogen) atoms. The molecule has 0 saturated heterocycles. The van der Waals surface area contributed by atoms with Gasteiger partial charge in [0.1, 0.15) is 0 Å². The molecule has 1 nitrogen and oxygen atoms in total. The minimum absolute atomic E-state index is 0.314. The van der Waals surface area contributed by atoms with Crippen LogP contribution in [-0.2, 0) is 4.74 Å². The number of rotatable bonds is 15. The van der Waals surface area contributed by atoms with Crippen molar-refractivity contribution in [2.24, 2.45) is 5.41 Å². The second-order valence-electron chi connectivity index (χ2n) is 9.07. The monoisotopic (exact) mass is 362 g/mol. The van der Waals surface area contributed by atoms with Crippen LogP contribution < -0.4 is 0 Å². The molecule has 0 fully saturated rings. The fourth-order valence-electron chi connectivity index (χ4n) is 3.98. The molecule has 1 aliphatic rings. The number of unbranched alkanes of at least 4 members (excludes halogenated alkanes) is 12. The molecule has 0 radical (unpaired) electrons. The van der Waals surface area contributed by atoms with Crippen molar-refractivity contribution in [3.05, 3.63) is 23.0 Å². The van der Waals surface area contributed by atoms with Gasteiger partial charge in [-0.2, -0.15) is 0 Å². The molecule has 1 aliphatic carbocycles. The van der Waals surface area contributed by atoms with Gasteiger partial charge in [-0.3, -0.25) is 0 Å². The van der Waals surface area contributed by atoms with Gasteiger partial charge >= 0.3 is 0 Å². The summed E-state index contributed by atoms with van der Waals surface area (Å²) < 4.78 is 5.83. The van der Waals surface area contributed by atoms with Gasteiger partial charge < -0.3 is 4.74 Å². The summed E-state index contributed by atoms with van der Waals surface area (Å²) in [5.74, 6) is 0.